The minimum atomic E-state index is -0.745. The standard InChI is InChI=1S/C16H24N4O/c21-16(8-13-4-3-5-14(9-16)19-13)12-10-17-15(18-11-12)20-6-1-2-7-20/h10-11,13-14,19,21H,1-9H2. The Morgan fingerprint density at radius 1 is 1.05 bits per heavy atom. The molecule has 0 amide bonds. The average Bonchev–Trinajstić information content (AvgIpc) is 3.01. The zero-order valence-corrected chi connectivity index (χ0v) is 12.5. The Morgan fingerprint density at radius 2 is 1.67 bits per heavy atom. The third-order valence-electron chi connectivity index (χ3n) is 5.31. The fraction of sp³-hybridized carbons (Fsp3) is 0.750. The lowest BCUT2D eigenvalue weighted by atomic mass is 9.74. The third kappa shape index (κ3) is 2.53. The molecule has 21 heavy (non-hydrogen) atoms. The summed E-state index contributed by atoms with van der Waals surface area (Å²) < 4.78 is 0. The highest BCUT2D eigenvalue weighted by Gasteiger charge is 2.42. The molecule has 114 valence electrons. The summed E-state index contributed by atoms with van der Waals surface area (Å²) in [6.45, 7) is 2.11. The monoisotopic (exact) mass is 288 g/mol. The molecule has 2 bridgehead atoms. The molecule has 5 nitrogen and oxygen atoms in total. The zero-order valence-electron chi connectivity index (χ0n) is 12.5. The second-order valence-electron chi connectivity index (χ2n) is 6.90. The summed E-state index contributed by atoms with van der Waals surface area (Å²) in [7, 11) is 0. The largest absolute Gasteiger partial charge is 0.385 e. The topological polar surface area (TPSA) is 61.3 Å². The predicted molar refractivity (Wildman–Crippen MR) is 81.2 cm³/mol. The summed E-state index contributed by atoms with van der Waals surface area (Å²) in [5.41, 5.74) is 0.147. The van der Waals surface area contributed by atoms with Crippen LogP contribution in [0.25, 0.3) is 0 Å². The van der Waals surface area contributed by atoms with Gasteiger partial charge in [0, 0.05) is 43.1 Å². The van der Waals surface area contributed by atoms with E-state index in [1.165, 1.54) is 32.1 Å². The summed E-state index contributed by atoms with van der Waals surface area (Å²) >= 11 is 0. The van der Waals surface area contributed by atoms with Gasteiger partial charge in [0.1, 0.15) is 0 Å². The lowest BCUT2D eigenvalue weighted by Gasteiger charge is -2.45. The molecule has 5 heteroatoms. The van der Waals surface area contributed by atoms with Crippen molar-refractivity contribution in [1.82, 2.24) is 15.3 Å². The molecule has 1 aromatic rings. The molecule has 4 rings (SSSR count). The summed E-state index contributed by atoms with van der Waals surface area (Å²) in [6, 6.07) is 0.890. The number of hydrogen-bond acceptors (Lipinski definition) is 5. The van der Waals surface area contributed by atoms with Crippen molar-refractivity contribution in [3.8, 4) is 0 Å². The van der Waals surface area contributed by atoms with E-state index in [9.17, 15) is 5.11 Å². The van der Waals surface area contributed by atoms with Gasteiger partial charge in [-0.2, -0.15) is 0 Å². The van der Waals surface area contributed by atoms with E-state index >= 15 is 0 Å². The van der Waals surface area contributed by atoms with Gasteiger partial charge in [-0.3, -0.25) is 0 Å². The number of nitrogens with one attached hydrogen (secondary N) is 1. The molecular formula is C16H24N4O. The fourth-order valence-electron chi connectivity index (χ4n) is 4.21. The highest BCUT2D eigenvalue weighted by atomic mass is 16.3. The van der Waals surface area contributed by atoms with Gasteiger partial charge < -0.3 is 15.3 Å². The van der Waals surface area contributed by atoms with Crippen LogP contribution < -0.4 is 10.2 Å². The van der Waals surface area contributed by atoms with Crippen LogP contribution in [-0.4, -0.2) is 40.2 Å². The molecule has 0 spiro atoms. The van der Waals surface area contributed by atoms with Crippen LogP contribution >= 0.6 is 0 Å². The van der Waals surface area contributed by atoms with Crippen LogP contribution in [0.1, 0.15) is 50.5 Å². The van der Waals surface area contributed by atoms with Crippen molar-refractivity contribution in [2.24, 2.45) is 0 Å². The first-order valence-corrected chi connectivity index (χ1v) is 8.29. The van der Waals surface area contributed by atoms with Gasteiger partial charge in [0.05, 0.1) is 5.60 Å². The van der Waals surface area contributed by atoms with Crippen LogP contribution in [0.4, 0.5) is 5.95 Å². The highest BCUT2D eigenvalue weighted by Crippen LogP contribution is 2.39. The number of aliphatic hydroxyl groups is 1. The molecule has 3 aliphatic heterocycles. The van der Waals surface area contributed by atoms with Gasteiger partial charge in [0.25, 0.3) is 0 Å². The number of hydrogen-bond donors (Lipinski definition) is 2. The number of rotatable bonds is 2. The quantitative estimate of drug-likeness (QED) is 0.865. The Balaban J connectivity index is 1.54. The van der Waals surface area contributed by atoms with Crippen LogP contribution in [0, 0.1) is 0 Å². The van der Waals surface area contributed by atoms with Crippen LogP contribution in [0.2, 0.25) is 0 Å². The van der Waals surface area contributed by atoms with Gasteiger partial charge in [-0.25, -0.2) is 9.97 Å². The van der Waals surface area contributed by atoms with Crippen molar-refractivity contribution >= 4 is 5.95 Å². The molecule has 0 aliphatic carbocycles. The second kappa shape index (κ2) is 5.21. The first-order chi connectivity index (χ1) is 10.2. The molecule has 0 saturated carbocycles. The van der Waals surface area contributed by atoms with Gasteiger partial charge in [0.15, 0.2) is 0 Å². The lowest BCUT2D eigenvalue weighted by molar-refractivity contribution is -0.0363. The molecule has 1 aromatic heterocycles. The number of nitrogens with zero attached hydrogens (tertiary/aromatic N) is 3. The van der Waals surface area contributed by atoms with Crippen molar-refractivity contribution < 1.29 is 5.11 Å². The number of fused-ring (bicyclic) bond motifs is 2. The predicted octanol–water partition coefficient (Wildman–Crippen LogP) is 1.57. The van der Waals surface area contributed by atoms with Gasteiger partial charge in [-0.1, -0.05) is 6.42 Å². The van der Waals surface area contributed by atoms with Crippen molar-refractivity contribution in [2.75, 3.05) is 18.0 Å². The maximum Gasteiger partial charge on any atom is 0.225 e. The summed E-state index contributed by atoms with van der Waals surface area (Å²) in [5.74, 6) is 0.814. The Kier molecular flexibility index (Phi) is 3.34. The van der Waals surface area contributed by atoms with Crippen molar-refractivity contribution in [1.29, 1.82) is 0 Å². The smallest absolute Gasteiger partial charge is 0.225 e. The second-order valence-corrected chi connectivity index (χ2v) is 6.90. The number of piperidine rings is 2. The van der Waals surface area contributed by atoms with Gasteiger partial charge in [-0.15, -0.1) is 0 Å². The summed E-state index contributed by atoms with van der Waals surface area (Å²) in [4.78, 5) is 11.2. The van der Waals surface area contributed by atoms with Crippen molar-refractivity contribution in [3.05, 3.63) is 18.0 Å². The lowest BCUT2D eigenvalue weighted by Crippen LogP contribution is -2.54. The normalized spacial score (nSPS) is 36.0. The molecule has 4 heterocycles. The van der Waals surface area contributed by atoms with Crippen molar-refractivity contribution in [3.63, 3.8) is 0 Å². The average molecular weight is 288 g/mol. The zero-order chi connectivity index (χ0) is 14.3. The van der Waals surface area contributed by atoms with E-state index in [4.69, 9.17) is 0 Å². The van der Waals surface area contributed by atoms with E-state index in [0.29, 0.717) is 12.1 Å². The van der Waals surface area contributed by atoms with Crippen LogP contribution in [0.3, 0.4) is 0 Å². The van der Waals surface area contributed by atoms with E-state index in [1.807, 2.05) is 12.4 Å². The molecule has 3 saturated heterocycles. The van der Waals surface area contributed by atoms with Crippen LogP contribution in [0.15, 0.2) is 12.4 Å². The Bertz CT molecular complexity index is 486. The first kappa shape index (κ1) is 13.5. The molecule has 2 unspecified atom stereocenters. The van der Waals surface area contributed by atoms with E-state index in [0.717, 1.165) is 37.4 Å². The Hall–Kier alpha value is -1.20. The molecular weight excluding hydrogens is 264 g/mol. The summed E-state index contributed by atoms with van der Waals surface area (Å²) in [6.07, 6.45) is 11.4. The Morgan fingerprint density at radius 3 is 2.29 bits per heavy atom. The van der Waals surface area contributed by atoms with Crippen LogP contribution in [-0.2, 0) is 5.60 Å². The Labute approximate surface area is 125 Å². The van der Waals surface area contributed by atoms with Gasteiger partial charge >= 0.3 is 0 Å². The highest BCUT2D eigenvalue weighted by molar-refractivity contribution is 5.32. The number of anilines is 1. The van der Waals surface area contributed by atoms with Crippen molar-refractivity contribution in [2.45, 2.75) is 62.6 Å². The van der Waals surface area contributed by atoms with Gasteiger partial charge in [-0.05, 0) is 38.5 Å². The first-order valence-electron chi connectivity index (χ1n) is 8.29. The summed E-state index contributed by atoms with van der Waals surface area (Å²) in [5, 5.41) is 14.7. The van der Waals surface area contributed by atoms with Gasteiger partial charge in [0.2, 0.25) is 5.95 Å². The molecule has 2 atom stereocenters. The van der Waals surface area contributed by atoms with E-state index in [1.54, 1.807) is 0 Å². The maximum atomic E-state index is 11.1. The molecule has 2 N–H and O–H groups in total. The van der Waals surface area contributed by atoms with E-state index in [2.05, 4.69) is 20.2 Å². The van der Waals surface area contributed by atoms with E-state index < -0.39 is 5.60 Å². The number of aromatic nitrogens is 2. The molecule has 0 aromatic carbocycles. The maximum absolute atomic E-state index is 11.1. The third-order valence-corrected chi connectivity index (χ3v) is 5.31. The van der Waals surface area contributed by atoms with Crippen LogP contribution in [0.5, 0.6) is 0 Å². The minimum absolute atomic E-state index is 0.445. The van der Waals surface area contributed by atoms with E-state index in [-0.39, 0.29) is 0 Å². The molecule has 0 radical (unpaired) electrons. The molecule has 3 fully saturated rings. The SMILES string of the molecule is OC1(c2cnc(N3CCCC3)nc2)CC2CCCC(C1)N2. The fourth-order valence-corrected chi connectivity index (χ4v) is 4.21. The molecule has 3 aliphatic rings. The minimum Gasteiger partial charge on any atom is -0.385 e.